The molecule has 0 saturated carbocycles. The highest BCUT2D eigenvalue weighted by atomic mass is 16.5. The van der Waals surface area contributed by atoms with Crippen LogP contribution in [0.25, 0.3) is 0 Å². The van der Waals surface area contributed by atoms with Crippen LogP contribution >= 0.6 is 0 Å². The second kappa shape index (κ2) is 13.7. The monoisotopic (exact) mass is 522 g/mol. The zero-order valence-corrected chi connectivity index (χ0v) is 23.8. The van der Waals surface area contributed by atoms with Crippen LogP contribution in [0.2, 0.25) is 0 Å². The topological polar surface area (TPSA) is 42.5 Å². The SMILES string of the molecule is CCCCCCCC(C)(c1ccc(Oc2ccccc2NC)cc1)c1ccc(Oc2ccccc2NC)cc1. The van der Waals surface area contributed by atoms with Crippen molar-refractivity contribution >= 4 is 11.4 Å². The molecule has 0 amide bonds. The number of unbranched alkanes of at least 4 members (excludes halogenated alkanes) is 4. The van der Waals surface area contributed by atoms with Gasteiger partial charge in [-0.1, -0.05) is 94.5 Å². The van der Waals surface area contributed by atoms with Gasteiger partial charge in [-0.15, -0.1) is 0 Å². The van der Waals surface area contributed by atoms with Gasteiger partial charge in [-0.25, -0.2) is 0 Å². The fraction of sp³-hybridized carbons (Fsp3) is 0.314. The van der Waals surface area contributed by atoms with Crippen LogP contribution in [0.4, 0.5) is 11.4 Å². The van der Waals surface area contributed by atoms with Gasteiger partial charge in [0.15, 0.2) is 0 Å². The molecule has 204 valence electrons. The van der Waals surface area contributed by atoms with Gasteiger partial charge in [0.25, 0.3) is 0 Å². The Labute approximate surface area is 234 Å². The Balaban J connectivity index is 1.56. The van der Waals surface area contributed by atoms with Crippen molar-refractivity contribution in [2.24, 2.45) is 0 Å². The van der Waals surface area contributed by atoms with Crippen LogP contribution < -0.4 is 20.1 Å². The summed E-state index contributed by atoms with van der Waals surface area (Å²) in [5, 5.41) is 6.40. The highest BCUT2D eigenvalue weighted by Crippen LogP contribution is 2.40. The number of anilines is 2. The molecule has 0 atom stereocenters. The van der Waals surface area contributed by atoms with Crippen molar-refractivity contribution in [2.45, 2.75) is 57.8 Å². The molecule has 0 fully saturated rings. The quantitative estimate of drug-likeness (QED) is 0.162. The molecule has 0 unspecified atom stereocenters. The number of rotatable bonds is 14. The van der Waals surface area contributed by atoms with Crippen molar-refractivity contribution < 1.29 is 9.47 Å². The summed E-state index contributed by atoms with van der Waals surface area (Å²) in [6.45, 7) is 4.63. The van der Waals surface area contributed by atoms with E-state index in [1.54, 1.807) is 0 Å². The molecule has 0 radical (unpaired) electrons. The van der Waals surface area contributed by atoms with Gasteiger partial charge in [-0.2, -0.15) is 0 Å². The van der Waals surface area contributed by atoms with Crippen LogP contribution in [0.5, 0.6) is 23.0 Å². The molecule has 0 aliphatic heterocycles. The summed E-state index contributed by atoms with van der Waals surface area (Å²) in [6.07, 6.45) is 7.39. The second-order valence-corrected chi connectivity index (χ2v) is 10.2. The molecule has 4 nitrogen and oxygen atoms in total. The Hall–Kier alpha value is -3.92. The minimum Gasteiger partial charge on any atom is -0.455 e. The predicted octanol–water partition coefficient (Wildman–Crippen LogP) is 10.0. The van der Waals surface area contributed by atoms with Gasteiger partial charge in [-0.05, 0) is 66.1 Å². The summed E-state index contributed by atoms with van der Waals surface area (Å²) in [5.74, 6) is 3.31. The summed E-state index contributed by atoms with van der Waals surface area (Å²) < 4.78 is 12.4. The molecule has 0 saturated heterocycles. The third-order valence-corrected chi connectivity index (χ3v) is 7.53. The molecule has 4 aromatic rings. The highest BCUT2D eigenvalue weighted by molar-refractivity contribution is 5.58. The van der Waals surface area contributed by atoms with Gasteiger partial charge >= 0.3 is 0 Å². The Bertz CT molecular complexity index is 1210. The number of ether oxygens (including phenoxy) is 2. The van der Waals surface area contributed by atoms with E-state index in [1.807, 2.05) is 62.6 Å². The number of para-hydroxylation sites is 4. The van der Waals surface area contributed by atoms with Crippen molar-refractivity contribution in [2.75, 3.05) is 24.7 Å². The molecular formula is C35H42N2O2. The Morgan fingerprint density at radius 3 is 1.44 bits per heavy atom. The standard InChI is InChI=1S/C35H42N2O2/c1-5-6-7-8-13-26-35(2,27-18-22-29(23-19-27)38-33-16-11-9-14-31(33)36-3)28-20-24-30(25-21-28)39-34-17-12-10-15-32(34)37-4/h9-12,14-25,36-37H,5-8,13,26H2,1-4H3. The molecule has 0 aliphatic rings. The van der Waals surface area contributed by atoms with E-state index in [9.17, 15) is 0 Å². The van der Waals surface area contributed by atoms with Crippen molar-refractivity contribution in [3.8, 4) is 23.0 Å². The van der Waals surface area contributed by atoms with E-state index in [0.717, 1.165) is 40.8 Å². The van der Waals surface area contributed by atoms with Crippen molar-refractivity contribution in [1.29, 1.82) is 0 Å². The lowest BCUT2D eigenvalue weighted by molar-refractivity contribution is 0.465. The van der Waals surface area contributed by atoms with Crippen LogP contribution in [-0.2, 0) is 5.41 Å². The Morgan fingerprint density at radius 2 is 1.00 bits per heavy atom. The molecule has 0 heterocycles. The van der Waals surface area contributed by atoms with E-state index in [1.165, 1.54) is 43.2 Å². The number of hydrogen-bond donors (Lipinski definition) is 2. The fourth-order valence-electron chi connectivity index (χ4n) is 5.10. The van der Waals surface area contributed by atoms with Gasteiger partial charge in [0, 0.05) is 19.5 Å². The van der Waals surface area contributed by atoms with E-state index < -0.39 is 0 Å². The lowest BCUT2D eigenvalue weighted by atomic mass is 9.72. The molecule has 0 spiro atoms. The van der Waals surface area contributed by atoms with E-state index >= 15 is 0 Å². The number of nitrogens with one attached hydrogen (secondary N) is 2. The van der Waals surface area contributed by atoms with E-state index in [-0.39, 0.29) is 5.41 Å². The molecule has 0 aromatic heterocycles. The number of benzene rings is 4. The molecular weight excluding hydrogens is 480 g/mol. The summed E-state index contributed by atoms with van der Waals surface area (Å²) in [6, 6.07) is 33.2. The zero-order chi connectivity index (χ0) is 27.5. The largest absolute Gasteiger partial charge is 0.455 e. The van der Waals surface area contributed by atoms with Crippen molar-refractivity contribution in [1.82, 2.24) is 0 Å². The summed E-state index contributed by atoms with van der Waals surface area (Å²) in [4.78, 5) is 0. The van der Waals surface area contributed by atoms with Crippen LogP contribution in [0.1, 0.15) is 63.5 Å². The lowest BCUT2D eigenvalue weighted by Gasteiger charge is -2.31. The van der Waals surface area contributed by atoms with Crippen molar-refractivity contribution in [3.05, 3.63) is 108 Å². The van der Waals surface area contributed by atoms with Gasteiger partial charge < -0.3 is 20.1 Å². The first-order valence-corrected chi connectivity index (χ1v) is 14.2. The Kier molecular flexibility index (Phi) is 9.91. The minimum atomic E-state index is -0.116. The summed E-state index contributed by atoms with van der Waals surface area (Å²) >= 11 is 0. The summed E-state index contributed by atoms with van der Waals surface area (Å²) in [7, 11) is 3.82. The average molecular weight is 523 g/mol. The molecule has 0 aliphatic carbocycles. The second-order valence-electron chi connectivity index (χ2n) is 10.2. The first kappa shape index (κ1) is 28.1. The van der Waals surface area contributed by atoms with E-state index in [4.69, 9.17) is 9.47 Å². The predicted molar refractivity (Wildman–Crippen MR) is 165 cm³/mol. The fourth-order valence-corrected chi connectivity index (χ4v) is 5.10. The molecule has 2 N–H and O–H groups in total. The maximum atomic E-state index is 6.21. The molecule has 0 bridgehead atoms. The normalized spacial score (nSPS) is 11.2. The lowest BCUT2D eigenvalue weighted by Crippen LogP contribution is -2.23. The van der Waals surface area contributed by atoms with Gasteiger partial charge in [-0.3, -0.25) is 0 Å². The maximum absolute atomic E-state index is 6.21. The van der Waals surface area contributed by atoms with Gasteiger partial charge in [0.05, 0.1) is 11.4 Å². The molecule has 4 heteroatoms. The van der Waals surface area contributed by atoms with E-state index in [2.05, 4.69) is 73.0 Å². The third kappa shape index (κ3) is 7.14. The zero-order valence-electron chi connectivity index (χ0n) is 23.8. The van der Waals surface area contributed by atoms with Crippen LogP contribution in [-0.4, -0.2) is 14.1 Å². The first-order valence-electron chi connectivity index (χ1n) is 14.2. The Morgan fingerprint density at radius 1 is 0.564 bits per heavy atom. The first-order chi connectivity index (χ1) is 19.1. The third-order valence-electron chi connectivity index (χ3n) is 7.53. The highest BCUT2D eigenvalue weighted by Gasteiger charge is 2.28. The van der Waals surface area contributed by atoms with Crippen LogP contribution in [0.15, 0.2) is 97.1 Å². The maximum Gasteiger partial charge on any atom is 0.150 e. The van der Waals surface area contributed by atoms with Gasteiger partial charge in [0.1, 0.15) is 23.0 Å². The van der Waals surface area contributed by atoms with Gasteiger partial charge in [0.2, 0.25) is 0 Å². The smallest absolute Gasteiger partial charge is 0.150 e. The van der Waals surface area contributed by atoms with E-state index in [0.29, 0.717) is 0 Å². The average Bonchev–Trinajstić information content (AvgIpc) is 2.98. The van der Waals surface area contributed by atoms with Crippen LogP contribution in [0, 0.1) is 0 Å². The molecule has 39 heavy (non-hydrogen) atoms. The summed E-state index contributed by atoms with van der Waals surface area (Å²) in [5.41, 5.74) is 4.41. The van der Waals surface area contributed by atoms with Crippen LogP contribution in [0.3, 0.4) is 0 Å². The number of hydrogen-bond acceptors (Lipinski definition) is 4. The molecule has 4 aromatic carbocycles. The minimum absolute atomic E-state index is 0.116. The van der Waals surface area contributed by atoms with Crippen molar-refractivity contribution in [3.63, 3.8) is 0 Å². The molecule has 4 rings (SSSR count).